The Labute approximate surface area is 127 Å². The van der Waals surface area contributed by atoms with Crippen molar-refractivity contribution in [3.63, 3.8) is 0 Å². The number of hydrogen-bond acceptors (Lipinski definition) is 5. The van der Waals surface area contributed by atoms with Gasteiger partial charge in [-0.05, 0) is 39.0 Å². The number of anilines is 1. The maximum atomic E-state index is 13.1. The number of hydrogen-bond donors (Lipinski definition) is 2. The average molecular weight is 329 g/mol. The predicted octanol–water partition coefficient (Wildman–Crippen LogP) is 2.52. The molecule has 0 saturated heterocycles. The van der Waals surface area contributed by atoms with Crippen LogP contribution in [-0.4, -0.2) is 13.4 Å². The number of halogens is 1. The molecule has 5 nitrogen and oxygen atoms in total. The summed E-state index contributed by atoms with van der Waals surface area (Å²) in [5.41, 5.74) is 6.01. The molecule has 2 aromatic rings. The van der Waals surface area contributed by atoms with Gasteiger partial charge in [0.1, 0.15) is 5.82 Å². The van der Waals surface area contributed by atoms with Gasteiger partial charge >= 0.3 is 0 Å². The van der Waals surface area contributed by atoms with Gasteiger partial charge in [0, 0.05) is 4.88 Å². The van der Waals surface area contributed by atoms with Crippen molar-refractivity contribution in [3.8, 4) is 0 Å². The molecule has 0 amide bonds. The summed E-state index contributed by atoms with van der Waals surface area (Å²) in [5, 5.41) is 0.875. The number of aryl methyl sites for hydroxylation is 2. The Morgan fingerprint density at radius 3 is 2.57 bits per heavy atom. The molecule has 0 aliphatic rings. The molecule has 1 heterocycles. The van der Waals surface area contributed by atoms with Crippen molar-refractivity contribution in [1.29, 1.82) is 0 Å². The fourth-order valence-corrected chi connectivity index (χ4v) is 4.25. The molecule has 3 N–H and O–H groups in total. The van der Waals surface area contributed by atoms with Gasteiger partial charge in [-0.15, -0.1) is 11.3 Å². The molecule has 0 spiro atoms. The largest absolute Gasteiger partial charge is 0.396 e. The van der Waals surface area contributed by atoms with Gasteiger partial charge in [0.2, 0.25) is 10.0 Å². The SMILES string of the molecule is Cc1nc(C)c(C(C)NS(=O)(=O)c2ccc(F)c(N)c2)s1. The van der Waals surface area contributed by atoms with Gasteiger partial charge in [-0.3, -0.25) is 0 Å². The molecule has 21 heavy (non-hydrogen) atoms. The maximum Gasteiger partial charge on any atom is 0.241 e. The Balaban J connectivity index is 2.28. The van der Waals surface area contributed by atoms with Crippen molar-refractivity contribution in [3.05, 3.63) is 39.6 Å². The van der Waals surface area contributed by atoms with Gasteiger partial charge in [-0.25, -0.2) is 22.5 Å². The monoisotopic (exact) mass is 329 g/mol. The van der Waals surface area contributed by atoms with Gasteiger partial charge in [0.25, 0.3) is 0 Å². The van der Waals surface area contributed by atoms with Gasteiger partial charge in [0.15, 0.2) is 0 Å². The lowest BCUT2D eigenvalue weighted by molar-refractivity contribution is 0.567. The van der Waals surface area contributed by atoms with E-state index in [1.165, 1.54) is 17.4 Å². The topological polar surface area (TPSA) is 85.1 Å². The van der Waals surface area contributed by atoms with Crippen LogP contribution in [0.4, 0.5) is 10.1 Å². The zero-order valence-electron chi connectivity index (χ0n) is 11.8. The zero-order valence-corrected chi connectivity index (χ0v) is 13.5. The smallest absolute Gasteiger partial charge is 0.241 e. The molecule has 1 unspecified atom stereocenters. The van der Waals surface area contributed by atoms with E-state index < -0.39 is 21.9 Å². The maximum absolute atomic E-state index is 13.1. The summed E-state index contributed by atoms with van der Waals surface area (Å²) in [6, 6.07) is 2.91. The lowest BCUT2D eigenvalue weighted by Gasteiger charge is -2.14. The van der Waals surface area contributed by atoms with E-state index in [1.807, 2.05) is 13.8 Å². The molecule has 0 aliphatic carbocycles. The van der Waals surface area contributed by atoms with Crippen LogP contribution in [0.25, 0.3) is 0 Å². The first-order chi connectivity index (χ1) is 9.70. The van der Waals surface area contributed by atoms with E-state index in [2.05, 4.69) is 9.71 Å². The summed E-state index contributed by atoms with van der Waals surface area (Å²) in [5.74, 6) is -0.643. The van der Waals surface area contributed by atoms with E-state index in [9.17, 15) is 12.8 Å². The van der Waals surface area contributed by atoms with Crippen molar-refractivity contribution in [2.45, 2.75) is 31.7 Å². The molecule has 1 aromatic heterocycles. The summed E-state index contributed by atoms with van der Waals surface area (Å²) < 4.78 is 40.3. The number of benzene rings is 1. The van der Waals surface area contributed by atoms with Crippen LogP contribution in [-0.2, 0) is 10.0 Å². The van der Waals surface area contributed by atoms with Gasteiger partial charge in [-0.2, -0.15) is 0 Å². The highest BCUT2D eigenvalue weighted by atomic mass is 32.2. The van der Waals surface area contributed by atoms with Gasteiger partial charge in [0.05, 0.1) is 27.3 Å². The van der Waals surface area contributed by atoms with E-state index in [4.69, 9.17) is 5.73 Å². The fraction of sp³-hybridized carbons (Fsp3) is 0.308. The van der Waals surface area contributed by atoms with Gasteiger partial charge in [-0.1, -0.05) is 0 Å². The molecule has 1 aromatic carbocycles. The third-order valence-electron chi connectivity index (χ3n) is 2.94. The highest BCUT2D eigenvalue weighted by Gasteiger charge is 2.22. The van der Waals surface area contributed by atoms with E-state index >= 15 is 0 Å². The van der Waals surface area contributed by atoms with Crippen LogP contribution in [0, 0.1) is 19.7 Å². The second-order valence-corrected chi connectivity index (χ2v) is 7.66. The first-order valence-corrected chi connectivity index (χ1v) is 8.52. The van der Waals surface area contributed by atoms with Crippen molar-refractivity contribution in [2.75, 3.05) is 5.73 Å². The summed E-state index contributed by atoms with van der Waals surface area (Å²) >= 11 is 1.44. The summed E-state index contributed by atoms with van der Waals surface area (Å²) in [6.07, 6.45) is 0. The van der Waals surface area contributed by atoms with E-state index in [-0.39, 0.29) is 10.6 Å². The minimum atomic E-state index is -3.77. The van der Waals surface area contributed by atoms with Crippen LogP contribution in [0.5, 0.6) is 0 Å². The zero-order chi connectivity index (χ0) is 15.8. The molecule has 2 rings (SSSR count). The molecule has 0 aliphatic heterocycles. The number of nitrogens with one attached hydrogen (secondary N) is 1. The minimum absolute atomic E-state index is 0.0628. The molecular formula is C13H16FN3O2S2. The normalized spacial score (nSPS) is 13.3. The molecule has 114 valence electrons. The van der Waals surface area contributed by atoms with Crippen molar-refractivity contribution < 1.29 is 12.8 Å². The third kappa shape index (κ3) is 3.39. The molecular weight excluding hydrogens is 313 g/mol. The number of sulfonamides is 1. The number of thiazole rings is 1. The van der Waals surface area contributed by atoms with E-state index in [0.29, 0.717) is 0 Å². The third-order valence-corrected chi connectivity index (χ3v) is 5.74. The van der Waals surface area contributed by atoms with Crippen molar-refractivity contribution >= 4 is 27.0 Å². The van der Waals surface area contributed by atoms with E-state index in [0.717, 1.165) is 27.7 Å². The number of rotatable bonds is 4. The van der Waals surface area contributed by atoms with Crippen molar-refractivity contribution in [2.24, 2.45) is 0 Å². The Hall–Kier alpha value is -1.51. The number of nitrogens with two attached hydrogens (primary N) is 1. The summed E-state index contributed by atoms with van der Waals surface area (Å²) in [7, 11) is -3.77. The number of nitrogen functional groups attached to an aromatic ring is 1. The van der Waals surface area contributed by atoms with Crippen LogP contribution < -0.4 is 10.5 Å². The lowest BCUT2D eigenvalue weighted by Crippen LogP contribution is -2.27. The molecule has 1 atom stereocenters. The average Bonchev–Trinajstić information content (AvgIpc) is 2.71. The summed E-state index contributed by atoms with van der Waals surface area (Å²) in [6.45, 7) is 5.44. The van der Waals surface area contributed by atoms with E-state index in [1.54, 1.807) is 6.92 Å². The Kier molecular flexibility index (Phi) is 4.31. The standard InChI is InChI=1S/C13H16FN3O2S2/c1-7-13(20-9(3)16-7)8(2)17-21(18,19)10-4-5-11(14)12(15)6-10/h4-6,8,17H,15H2,1-3H3. The first-order valence-electron chi connectivity index (χ1n) is 6.22. The predicted molar refractivity (Wildman–Crippen MR) is 81.1 cm³/mol. The van der Waals surface area contributed by atoms with Gasteiger partial charge < -0.3 is 5.73 Å². The van der Waals surface area contributed by atoms with Crippen LogP contribution in [0.3, 0.4) is 0 Å². The quantitative estimate of drug-likeness (QED) is 0.844. The van der Waals surface area contributed by atoms with Crippen LogP contribution in [0.2, 0.25) is 0 Å². The first kappa shape index (κ1) is 15.9. The highest BCUT2D eigenvalue weighted by molar-refractivity contribution is 7.89. The molecule has 8 heteroatoms. The molecule has 0 bridgehead atoms. The minimum Gasteiger partial charge on any atom is -0.396 e. The molecule has 0 radical (unpaired) electrons. The Bertz CT molecular complexity index is 772. The van der Waals surface area contributed by atoms with Crippen LogP contribution in [0.15, 0.2) is 23.1 Å². The Morgan fingerprint density at radius 2 is 2.05 bits per heavy atom. The lowest BCUT2D eigenvalue weighted by atomic mass is 10.2. The number of nitrogens with zero attached hydrogens (tertiary/aromatic N) is 1. The fourth-order valence-electron chi connectivity index (χ4n) is 1.99. The van der Waals surface area contributed by atoms with Crippen LogP contribution in [0.1, 0.15) is 28.5 Å². The highest BCUT2D eigenvalue weighted by Crippen LogP contribution is 2.26. The van der Waals surface area contributed by atoms with Crippen molar-refractivity contribution in [1.82, 2.24) is 9.71 Å². The Morgan fingerprint density at radius 1 is 1.38 bits per heavy atom. The second-order valence-electron chi connectivity index (χ2n) is 4.71. The summed E-state index contributed by atoms with van der Waals surface area (Å²) in [4.78, 5) is 5.06. The molecule has 0 fully saturated rings. The molecule has 0 saturated carbocycles. The number of aromatic nitrogens is 1. The van der Waals surface area contributed by atoms with Crippen LogP contribution >= 0.6 is 11.3 Å². The second kappa shape index (κ2) is 5.70.